The molecule has 3 unspecified atom stereocenters. The van der Waals surface area contributed by atoms with Crippen molar-refractivity contribution in [2.75, 3.05) is 20.7 Å². The highest BCUT2D eigenvalue weighted by molar-refractivity contribution is 5.72. The zero-order valence-electron chi connectivity index (χ0n) is 8.91. The van der Waals surface area contributed by atoms with E-state index in [9.17, 15) is 4.79 Å². The second-order valence-corrected chi connectivity index (χ2v) is 4.13. The van der Waals surface area contributed by atoms with E-state index in [2.05, 4.69) is 25.8 Å². The van der Waals surface area contributed by atoms with Crippen LogP contribution in [0.15, 0.2) is 0 Å². The van der Waals surface area contributed by atoms with Crippen molar-refractivity contribution in [2.45, 2.75) is 26.3 Å². The van der Waals surface area contributed by atoms with E-state index in [-0.39, 0.29) is 11.9 Å². The number of carbonyl (C=O) groups excluding carboxylic acids is 1. The van der Waals surface area contributed by atoms with E-state index >= 15 is 0 Å². The summed E-state index contributed by atoms with van der Waals surface area (Å²) in [6, 6.07) is 0.486. The van der Waals surface area contributed by atoms with Crippen LogP contribution in [0.3, 0.4) is 0 Å². The van der Waals surface area contributed by atoms with Crippen molar-refractivity contribution in [1.82, 2.24) is 4.90 Å². The van der Waals surface area contributed by atoms with Crippen LogP contribution in [-0.2, 0) is 9.53 Å². The Morgan fingerprint density at radius 1 is 1.46 bits per heavy atom. The van der Waals surface area contributed by atoms with Gasteiger partial charge in [-0.15, -0.1) is 0 Å². The summed E-state index contributed by atoms with van der Waals surface area (Å²) >= 11 is 0. The van der Waals surface area contributed by atoms with E-state index in [1.807, 2.05) is 0 Å². The summed E-state index contributed by atoms with van der Waals surface area (Å²) in [5, 5.41) is 0. The van der Waals surface area contributed by atoms with Gasteiger partial charge in [0.05, 0.1) is 13.0 Å². The highest BCUT2D eigenvalue weighted by Gasteiger charge is 2.34. The molecule has 1 fully saturated rings. The Hall–Kier alpha value is -0.570. The predicted molar refractivity (Wildman–Crippen MR) is 51.4 cm³/mol. The molecule has 0 aromatic heterocycles. The average molecular weight is 185 g/mol. The molecular weight excluding hydrogens is 166 g/mol. The summed E-state index contributed by atoms with van der Waals surface area (Å²) in [5.74, 6) is 0.456. The van der Waals surface area contributed by atoms with E-state index in [4.69, 9.17) is 4.74 Å². The molecule has 1 saturated heterocycles. The van der Waals surface area contributed by atoms with Gasteiger partial charge >= 0.3 is 5.97 Å². The molecular formula is C10H19NO2. The summed E-state index contributed by atoms with van der Waals surface area (Å²) in [6.07, 6.45) is 0.921. The van der Waals surface area contributed by atoms with E-state index in [1.54, 1.807) is 0 Å². The summed E-state index contributed by atoms with van der Waals surface area (Å²) < 4.78 is 4.79. The Bertz CT molecular complexity index is 193. The number of ether oxygens (including phenoxy) is 1. The highest BCUT2D eigenvalue weighted by atomic mass is 16.5. The van der Waals surface area contributed by atoms with E-state index in [0.29, 0.717) is 12.0 Å². The first-order valence-corrected chi connectivity index (χ1v) is 4.84. The molecule has 76 valence electrons. The van der Waals surface area contributed by atoms with Gasteiger partial charge in [-0.1, -0.05) is 6.92 Å². The molecule has 3 heteroatoms. The van der Waals surface area contributed by atoms with Crippen molar-refractivity contribution in [1.29, 1.82) is 0 Å². The normalized spacial score (nSPS) is 35.8. The second-order valence-electron chi connectivity index (χ2n) is 4.13. The Morgan fingerprint density at radius 2 is 2.08 bits per heavy atom. The number of rotatable bonds is 1. The number of esters is 1. The van der Waals surface area contributed by atoms with E-state index in [0.717, 1.165) is 13.0 Å². The van der Waals surface area contributed by atoms with E-state index < -0.39 is 0 Å². The lowest BCUT2D eigenvalue weighted by Gasteiger charge is -2.38. The van der Waals surface area contributed by atoms with Crippen LogP contribution < -0.4 is 0 Å². The van der Waals surface area contributed by atoms with Crippen molar-refractivity contribution in [3.8, 4) is 0 Å². The van der Waals surface area contributed by atoms with Gasteiger partial charge in [0.2, 0.25) is 0 Å². The fraction of sp³-hybridized carbons (Fsp3) is 0.900. The molecule has 0 N–H and O–H groups in total. The minimum Gasteiger partial charge on any atom is -0.469 e. The predicted octanol–water partition coefficient (Wildman–Crippen LogP) is 1.14. The molecule has 0 aromatic carbocycles. The molecule has 3 nitrogen and oxygen atoms in total. The molecule has 0 aromatic rings. The first-order valence-electron chi connectivity index (χ1n) is 4.84. The van der Waals surface area contributed by atoms with Crippen molar-refractivity contribution in [3.05, 3.63) is 0 Å². The quantitative estimate of drug-likeness (QED) is 0.574. The van der Waals surface area contributed by atoms with Crippen molar-refractivity contribution in [2.24, 2.45) is 11.8 Å². The maximum atomic E-state index is 11.4. The first-order chi connectivity index (χ1) is 6.06. The molecule has 1 aliphatic rings. The number of hydrogen-bond donors (Lipinski definition) is 0. The largest absolute Gasteiger partial charge is 0.469 e. The maximum absolute atomic E-state index is 11.4. The molecule has 1 heterocycles. The lowest BCUT2D eigenvalue weighted by Crippen LogP contribution is -2.45. The van der Waals surface area contributed by atoms with Gasteiger partial charge in [0.15, 0.2) is 0 Å². The first kappa shape index (κ1) is 10.5. The van der Waals surface area contributed by atoms with Crippen molar-refractivity contribution >= 4 is 5.97 Å². The highest BCUT2D eigenvalue weighted by Crippen LogP contribution is 2.27. The van der Waals surface area contributed by atoms with Crippen LogP contribution in [-0.4, -0.2) is 37.6 Å². The minimum atomic E-state index is -0.0487. The molecule has 0 amide bonds. The monoisotopic (exact) mass is 185 g/mol. The smallest absolute Gasteiger partial charge is 0.309 e. The lowest BCUT2D eigenvalue weighted by molar-refractivity contribution is -0.149. The number of methoxy groups -OCH3 is 1. The third kappa shape index (κ3) is 2.21. The maximum Gasteiger partial charge on any atom is 0.309 e. The molecule has 0 aliphatic carbocycles. The van der Waals surface area contributed by atoms with Crippen LogP contribution >= 0.6 is 0 Å². The van der Waals surface area contributed by atoms with Gasteiger partial charge in [-0.05, 0) is 26.3 Å². The third-order valence-electron chi connectivity index (χ3n) is 3.11. The Balaban J connectivity index is 2.61. The number of likely N-dealkylation sites (tertiary alicyclic amines) is 1. The van der Waals surface area contributed by atoms with Gasteiger partial charge in [-0.2, -0.15) is 0 Å². The molecule has 0 bridgehead atoms. The van der Waals surface area contributed by atoms with Gasteiger partial charge < -0.3 is 9.64 Å². The van der Waals surface area contributed by atoms with Crippen LogP contribution in [0.1, 0.15) is 20.3 Å². The summed E-state index contributed by atoms with van der Waals surface area (Å²) in [4.78, 5) is 13.7. The van der Waals surface area contributed by atoms with E-state index in [1.165, 1.54) is 7.11 Å². The lowest BCUT2D eigenvalue weighted by atomic mass is 9.84. The third-order valence-corrected chi connectivity index (χ3v) is 3.11. The molecule has 0 radical (unpaired) electrons. The van der Waals surface area contributed by atoms with Gasteiger partial charge in [0.25, 0.3) is 0 Å². The summed E-state index contributed by atoms with van der Waals surface area (Å²) in [6.45, 7) is 5.26. The molecule has 0 spiro atoms. The zero-order chi connectivity index (χ0) is 10.0. The van der Waals surface area contributed by atoms with Crippen LogP contribution in [0.5, 0.6) is 0 Å². The van der Waals surface area contributed by atoms with Gasteiger partial charge in [0, 0.05) is 12.6 Å². The summed E-state index contributed by atoms with van der Waals surface area (Å²) in [7, 11) is 3.58. The standard InChI is InChI=1S/C10H19NO2/c1-7-6-11(3)8(2)5-9(7)10(12)13-4/h7-9H,5-6H2,1-4H3. The fourth-order valence-corrected chi connectivity index (χ4v) is 2.02. The second kappa shape index (κ2) is 4.09. The van der Waals surface area contributed by atoms with Gasteiger partial charge in [0.1, 0.15) is 0 Å². The Kier molecular flexibility index (Phi) is 3.31. The van der Waals surface area contributed by atoms with Gasteiger partial charge in [-0.25, -0.2) is 0 Å². The van der Waals surface area contributed by atoms with Gasteiger partial charge in [-0.3, -0.25) is 4.79 Å². The Morgan fingerprint density at radius 3 is 2.62 bits per heavy atom. The zero-order valence-corrected chi connectivity index (χ0v) is 8.91. The van der Waals surface area contributed by atoms with Crippen LogP contribution in [0.4, 0.5) is 0 Å². The average Bonchev–Trinajstić information content (AvgIpc) is 2.10. The molecule has 1 rings (SSSR count). The molecule has 1 aliphatic heterocycles. The Labute approximate surface area is 80.1 Å². The van der Waals surface area contributed by atoms with Crippen LogP contribution in [0, 0.1) is 11.8 Å². The number of nitrogens with zero attached hydrogens (tertiary/aromatic N) is 1. The number of piperidine rings is 1. The SMILES string of the molecule is COC(=O)C1CC(C)N(C)CC1C. The summed E-state index contributed by atoms with van der Waals surface area (Å²) in [5.41, 5.74) is 0. The molecule has 13 heavy (non-hydrogen) atoms. The van der Waals surface area contributed by atoms with Crippen LogP contribution in [0.2, 0.25) is 0 Å². The number of hydrogen-bond acceptors (Lipinski definition) is 3. The molecule has 3 atom stereocenters. The molecule has 0 saturated carbocycles. The minimum absolute atomic E-state index is 0.0487. The number of carbonyl (C=O) groups is 1. The van der Waals surface area contributed by atoms with Crippen LogP contribution in [0.25, 0.3) is 0 Å². The fourth-order valence-electron chi connectivity index (χ4n) is 2.02. The van der Waals surface area contributed by atoms with Crippen molar-refractivity contribution < 1.29 is 9.53 Å². The van der Waals surface area contributed by atoms with Crippen molar-refractivity contribution in [3.63, 3.8) is 0 Å². The topological polar surface area (TPSA) is 29.5 Å².